The van der Waals surface area contributed by atoms with Crippen molar-refractivity contribution in [3.05, 3.63) is 0 Å². The minimum Gasteiger partial charge on any atom is -0.392 e. The molecule has 0 aromatic rings. The van der Waals surface area contributed by atoms with Gasteiger partial charge in [0.05, 0.1) is 6.10 Å². The van der Waals surface area contributed by atoms with E-state index in [1.54, 1.807) is 0 Å². The molecule has 2 atom stereocenters. The van der Waals surface area contributed by atoms with Gasteiger partial charge in [-0.15, -0.1) is 0 Å². The molecule has 0 bridgehead atoms. The van der Waals surface area contributed by atoms with Gasteiger partial charge in [-0.3, -0.25) is 0 Å². The molecule has 0 aromatic carbocycles. The van der Waals surface area contributed by atoms with Crippen LogP contribution in [0.4, 0.5) is 0 Å². The minimum atomic E-state index is -0.137. The highest BCUT2D eigenvalue weighted by Crippen LogP contribution is 2.41. The van der Waals surface area contributed by atoms with E-state index in [9.17, 15) is 5.11 Å². The molecule has 0 radical (unpaired) electrons. The fourth-order valence-electron chi connectivity index (χ4n) is 3.14. The Balaban J connectivity index is 2.52. The van der Waals surface area contributed by atoms with Gasteiger partial charge in [-0.2, -0.15) is 0 Å². The van der Waals surface area contributed by atoms with Crippen molar-refractivity contribution in [1.29, 1.82) is 0 Å². The van der Waals surface area contributed by atoms with E-state index in [-0.39, 0.29) is 11.5 Å². The van der Waals surface area contributed by atoms with E-state index in [0.717, 1.165) is 32.6 Å². The predicted molar refractivity (Wildman–Crippen MR) is 82.3 cm³/mol. The summed E-state index contributed by atoms with van der Waals surface area (Å²) in [7, 11) is 4.25. The second-order valence-electron chi connectivity index (χ2n) is 7.69. The molecular formula is C16H34N2O. The Morgan fingerprint density at radius 3 is 2.26 bits per heavy atom. The summed E-state index contributed by atoms with van der Waals surface area (Å²) in [6.45, 7) is 13.3. The van der Waals surface area contributed by atoms with Gasteiger partial charge in [0, 0.05) is 26.2 Å². The molecule has 2 unspecified atom stereocenters. The van der Waals surface area contributed by atoms with Gasteiger partial charge in [0.2, 0.25) is 0 Å². The van der Waals surface area contributed by atoms with E-state index in [1.165, 1.54) is 6.42 Å². The van der Waals surface area contributed by atoms with Crippen molar-refractivity contribution in [1.82, 2.24) is 9.80 Å². The zero-order valence-corrected chi connectivity index (χ0v) is 13.8. The summed E-state index contributed by atoms with van der Waals surface area (Å²) >= 11 is 0. The average molecular weight is 270 g/mol. The van der Waals surface area contributed by atoms with Crippen LogP contribution in [0.1, 0.15) is 40.5 Å². The van der Waals surface area contributed by atoms with E-state index in [2.05, 4.69) is 51.6 Å². The molecule has 0 amide bonds. The Morgan fingerprint density at radius 2 is 1.84 bits per heavy atom. The van der Waals surface area contributed by atoms with E-state index in [1.807, 2.05) is 0 Å². The summed E-state index contributed by atoms with van der Waals surface area (Å²) < 4.78 is 0. The molecule has 3 heteroatoms. The van der Waals surface area contributed by atoms with Crippen LogP contribution in [0.2, 0.25) is 0 Å². The van der Waals surface area contributed by atoms with Crippen molar-refractivity contribution < 1.29 is 5.11 Å². The Labute approximate surface area is 120 Å². The summed E-state index contributed by atoms with van der Waals surface area (Å²) in [5, 5.41) is 10.4. The maximum atomic E-state index is 10.4. The van der Waals surface area contributed by atoms with Crippen LogP contribution in [0.5, 0.6) is 0 Å². The molecule has 114 valence electrons. The molecule has 1 rings (SSSR count). The monoisotopic (exact) mass is 270 g/mol. The molecule has 0 heterocycles. The number of likely N-dealkylation sites (N-methyl/N-ethyl adjacent to an activating group) is 1. The van der Waals surface area contributed by atoms with Crippen LogP contribution in [0.15, 0.2) is 0 Å². The number of hydrogen-bond acceptors (Lipinski definition) is 3. The lowest BCUT2D eigenvalue weighted by molar-refractivity contribution is 0.0304. The Bertz CT molecular complexity index is 263. The Hall–Kier alpha value is -0.120. The van der Waals surface area contributed by atoms with Gasteiger partial charge in [-0.25, -0.2) is 0 Å². The first kappa shape index (κ1) is 16.9. The van der Waals surface area contributed by atoms with Crippen molar-refractivity contribution in [2.24, 2.45) is 17.3 Å². The molecule has 1 fully saturated rings. The molecule has 0 spiro atoms. The normalized spacial score (nSPS) is 26.8. The quantitative estimate of drug-likeness (QED) is 0.769. The van der Waals surface area contributed by atoms with Gasteiger partial charge in [0.25, 0.3) is 0 Å². The molecule has 0 saturated heterocycles. The van der Waals surface area contributed by atoms with Crippen molar-refractivity contribution in [3.8, 4) is 0 Å². The van der Waals surface area contributed by atoms with Crippen LogP contribution < -0.4 is 0 Å². The van der Waals surface area contributed by atoms with Crippen molar-refractivity contribution in [2.75, 3.05) is 40.3 Å². The molecule has 1 saturated carbocycles. The maximum Gasteiger partial charge on any atom is 0.0631 e. The number of hydrogen-bond donors (Lipinski definition) is 1. The van der Waals surface area contributed by atoms with Crippen LogP contribution in [-0.2, 0) is 0 Å². The van der Waals surface area contributed by atoms with Gasteiger partial charge in [-0.05, 0) is 44.2 Å². The molecule has 1 aliphatic carbocycles. The van der Waals surface area contributed by atoms with Crippen LogP contribution in [0.25, 0.3) is 0 Å². The maximum absolute atomic E-state index is 10.4. The molecule has 0 aromatic heterocycles. The fraction of sp³-hybridized carbons (Fsp3) is 1.00. The summed E-state index contributed by atoms with van der Waals surface area (Å²) in [5.41, 5.74) is 0.107. The molecule has 0 aliphatic heterocycles. The third-order valence-electron chi connectivity index (χ3n) is 4.39. The average Bonchev–Trinajstić information content (AvgIpc) is 2.52. The second-order valence-corrected chi connectivity index (χ2v) is 7.69. The first-order chi connectivity index (χ1) is 8.72. The Kier molecular flexibility index (Phi) is 6.28. The van der Waals surface area contributed by atoms with Crippen LogP contribution in [0.3, 0.4) is 0 Å². The smallest absolute Gasteiger partial charge is 0.0631 e. The lowest BCUT2D eigenvalue weighted by Crippen LogP contribution is -2.41. The number of aliphatic hydroxyl groups excluding tert-OH is 1. The standard InChI is InChI=1S/C16H34N2O/c1-13(2)11-18(10-9-17(5)6)12-14-7-8-16(3,4)15(14)19/h13-15,19H,7-12H2,1-6H3. The first-order valence-electron chi connectivity index (χ1n) is 7.77. The number of aliphatic hydroxyl groups is 1. The topological polar surface area (TPSA) is 26.7 Å². The van der Waals surface area contributed by atoms with Crippen molar-refractivity contribution in [2.45, 2.75) is 46.6 Å². The van der Waals surface area contributed by atoms with Gasteiger partial charge in [0.1, 0.15) is 0 Å². The molecular weight excluding hydrogens is 236 g/mol. The van der Waals surface area contributed by atoms with Crippen LogP contribution in [-0.4, -0.2) is 61.3 Å². The molecule has 1 N–H and O–H groups in total. The molecule has 1 aliphatic rings. The molecule has 3 nitrogen and oxygen atoms in total. The minimum absolute atomic E-state index is 0.107. The zero-order chi connectivity index (χ0) is 14.6. The summed E-state index contributed by atoms with van der Waals surface area (Å²) in [6, 6.07) is 0. The van der Waals surface area contributed by atoms with E-state index in [0.29, 0.717) is 11.8 Å². The SMILES string of the molecule is CC(C)CN(CCN(C)C)CC1CCC(C)(C)C1O. The number of nitrogens with zero attached hydrogens (tertiary/aromatic N) is 2. The summed E-state index contributed by atoms with van der Waals surface area (Å²) in [5.74, 6) is 1.14. The molecule has 19 heavy (non-hydrogen) atoms. The van der Waals surface area contributed by atoms with Gasteiger partial charge in [-0.1, -0.05) is 27.7 Å². The highest BCUT2D eigenvalue weighted by atomic mass is 16.3. The highest BCUT2D eigenvalue weighted by molar-refractivity contribution is 4.92. The first-order valence-corrected chi connectivity index (χ1v) is 7.77. The van der Waals surface area contributed by atoms with E-state index >= 15 is 0 Å². The zero-order valence-electron chi connectivity index (χ0n) is 13.8. The highest BCUT2D eigenvalue weighted by Gasteiger charge is 2.41. The largest absolute Gasteiger partial charge is 0.392 e. The van der Waals surface area contributed by atoms with E-state index in [4.69, 9.17) is 0 Å². The van der Waals surface area contributed by atoms with Crippen molar-refractivity contribution in [3.63, 3.8) is 0 Å². The van der Waals surface area contributed by atoms with Crippen molar-refractivity contribution >= 4 is 0 Å². The van der Waals surface area contributed by atoms with Crippen LogP contribution in [0, 0.1) is 17.3 Å². The lowest BCUT2D eigenvalue weighted by Gasteiger charge is -2.31. The van der Waals surface area contributed by atoms with Gasteiger partial charge >= 0.3 is 0 Å². The lowest BCUT2D eigenvalue weighted by atomic mass is 9.87. The van der Waals surface area contributed by atoms with Gasteiger partial charge < -0.3 is 14.9 Å². The second kappa shape index (κ2) is 7.05. The third-order valence-corrected chi connectivity index (χ3v) is 4.39. The Morgan fingerprint density at radius 1 is 1.21 bits per heavy atom. The van der Waals surface area contributed by atoms with E-state index < -0.39 is 0 Å². The third kappa shape index (κ3) is 5.41. The number of rotatable bonds is 7. The summed E-state index contributed by atoms with van der Waals surface area (Å²) in [6.07, 6.45) is 2.19. The predicted octanol–water partition coefficient (Wildman–Crippen LogP) is 2.30. The summed E-state index contributed by atoms with van der Waals surface area (Å²) in [4.78, 5) is 4.78. The van der Waals surface area contributed by atoms with Gasteiger partial charge in [0.15, 0.2) is 0 Å². The van der Waals surface area contributed by atoms with Crippen LogP contribution >= 0.6 is 0 Å². The fourth-order valence-corrected chi connectivity index (χ4v) is 3.14.